The van der Waals surface area contributed by atoms with E-state index in [1.54, 1.807) is 0 Å². The molecule has 2 heterocycles. The predicted octanol–water partition coefficient (Wildman–Crippen LogP) is 0.478. The molecular formula is C11H18F2N2O2. The summed E-state index contributed by atoms with van der Waals surface area (Å²) in [6.07, 6.45) is -0.0532. The maximum atomic E-state index is 13.0. The third-order valence-corrected chi connectivity index (χ3v) is 3.38. The van der Waals surface area contributed by atoms with Gasteiger partial charge in [0, 0.05) is 13.1 Å². The molecule has 0 spiro atoms. The first-order chi connectivity index (χ1) is 8.01. The lowest BCUT2D eigenvalue weighted by Gasteiger charge is -2.19. The highest BCUT2D eigenvalue weighted by atomic mass is 19.3. The van der Waals surface area contributed by atoms with Crippen LogP contribution in [-0.4, -0.2) is 56.1 Å². The minimum Gasteiger partial charge on any atom is -0.456 e. The van der Waals surface area contributed by atoms with Crippen molar-refractivity contribution in [2.45, 2.75) is 24.9 Å². The number of nitrogens with one attached hydrogen (secondary N) is 1. The monoisotopic (exact) mass is 248 g/mol. The number of rotatable bonds is 4. The van der Waals surface area contributed by atoms with Crippen molar-refractivity contribution in [1.29, 1.82) is 0 Å². The zero-order chi connectivity index (χ0) is 12.5. The summed E-state index contributed by atoms with van der Waals surface area (Å²) in [6.45, 7) is 3.16. The highest BCUT2D eigenvalue weighted by molar-refractivity contribution is 5.79. The molecule has 2 saturated heterocycles. The molecule has 0 aromatic heterocycles. The van der Waals surface area contributed by atoms with Gasteiger partial charge in [-0.1, -0.05) is 0 Å². The number of carbonyl (C=O) groups excluding carboxylic acids is 1. The number of cyclic esters (lactones) is 1. The summed E-state index contributed by atoms with van der Waals surface area (Å²) in [5, 5.41) is 3.11. The van der Waals surface area contributed by atoms with Crippen LogP contribution < -0.4 is 5.32 Å². The summed E-state index contributed by atoms with van der Waals surface area (Å²) >= 11 is 0. The third kappa shape index (κ3) is 2.93. The van der Waals surface area contributed by atoms with Crippen molar-refractivity contribution >= 4 is 5.97 Å². The van der Waals surface area contributed by atoms with Crippen molar-refractivity contribution < 1.29 is 18.3 Å². The van der Waals surface area contributed by atoms with Gasteiger partial charge in [-0.15, -0.1) is 0 Å². The minimum atomic E-state index is -3.28. The number of ether oxygens (including phenoxy) is 1. The average Bonchev–Trinajstić information content (AvgIpc) is 2.74. The van der Waals surface area contributed by atoms with E-state index in [1.165, 1.54) is 0 Å². The minimum absolute atomic E-state index is 0.432. The molecule has 0 aliphatic carbocycles. The average molecular weight is 248 g/mol. The van der Waals surface area contributed by atoms with Gasteiger partial charge < -0.3 is 10.1 Å². The number of alkyl halides is 2. The molecule has 0 saturated carbocycles. The number of hydrogen-bond donors (Lipinski definition) is 1. The van der Waals surface area contributed by atoms with Crippen LogP contribution in [0.2, 0.25) is 0 Å². The lowest BCUT2D eigenvalue weighted by atomic mass is 10.1. The summed E-state index contributed by atoms with van der Waals surface area (Å²) in [5.74, 6) is -4.08. The SMILES string of the molecule is CNCC1CCN(CC2CC(F)(F)C(=O)O2)C1. The number of likely N-dealkylation sites (tertiary alicyclic amines) is 1. The lowest BCUT2D eigenvalue weighted by molar-refractivity contribution is -0.159. The van der Waals surface area contributed by atoms with Gasteiger partial charge in [0.2, 0.25) is 0 Å². The molecule has 2 aliphatic heterocycles. The number of esters is 1. The number of carbonyl (C=O) groups is 1. The van der Waals surface area contributed by atoms with Crippen LogP contribution in [-0.2, 0) is 9.53 Å². The molecule has 0 bridgehead atoms. The van der Waals surface area contributed by atoms with E-state index < -0.39 is 24.4 Å². The largest absolute Gasteiger partial charge is 0.456 e. The smallest absolute Gasteiger partial charge is 0.377 e. The van der Waals surface area contributed by atoms with Crippen molar-refractivity contribution in [2.75, 3.05) is 33.2 Å². The van der Waals surface area contributed by atoms with Gasteiger partial charge in [-0.25, -0.2) is 4.79 Å². The molecule has 4 nitrogen and oxygen atoms in total. The van der Waals surface area contributed by atoms with Crippen LogP contribution in [0.3, 0.4) is 0 Å². The molecule has 2 rings (SSSR count). The standard InChI is InChI=1S/C11H18F2N2O2/c1-14-5-8-2-3-15(6-8)7-9-4-11(12,13)10(16)17-9/h8-9,14H,2-7H2,1H3. The van der Waals surface area contributed by atoms with Crippen molar-refractivity contribution in [3.8, 4) is 0 Å². The van der Waals surface area contributed by atoms with E-state index in [0.29, 0.717) is 12.5 Å². The first-order valence-corrected chi connectivity index (χ1v) is 5.97. The zero-order valence-corrected chi connectivity index (χ0v) is 9.92. The van der Waals surface area contributed by atoms with Crippen LogP contribution in [0, 0.1) is 5.92 Å². The highest BCUT2D eigenvalue weighted by Crippen LogP contribution is 2.31. The van der Waals surface area contributed by atoms with E-state index >= 15 is 0 Å². The molecule has 6 heteroatoms. The quantitative estimate of drug-likeness (QED) is 0.735. The Morgan fingerprint density at radius 3 is 2.94 bits per heavy atom. The van der Waals surface area contributed by atoms with Gasteiger partial charge in [0.25, 0.3) is 0 Å². The van der Waals surface area contributed by atoms with Crippen LogP contribution in [0.1, 0.15) is 12.8 Å². The number of nitrogens with zero attached hydrogens (tertiary/aromatic N) is 1. The first-order valence-electron chi connectivity index (χ1n) is 5.97. The molecule has 0 aromatic carbocycles. The molecule has 1 N–H and O–H groups in total. The summed E-state index contributed by atoms with van der Waals surface area (Å²) < 4.78 is 30.6. The second-order valence-electron chi connectivity index (χ2n) is 4.91. The van der Waals surface area contributed by atoms with Gasteiger partial charge >= 0.3 is 11.9 Å². The molecule has 17 heavy (non-hydrogen) atoms. The number of halogens is 2. The second-order valence-corrected chi connectivity index (χ2v) is 4.91. The Labute approximate surface area is 99.3 Å². The topological polar surface area (TPSA) is 41.6 Å². The normalized spacial score (nSPS) is 33.0. The maximum absolute atomic E-state index is 13.0. The summed E-state index contributed by atoms with van der Waals surface area (Å²) in [4.78, 5) is 12.9. The van der Waals surface area contributed by atoms with Crippen LogP contribution in [0.25, 0.3) is 0 Å². The Morgan fingerprint density at radius 2 is 2.35 bits per heavy atom. The molecule has 2 atom stereocenters. The third-order valence-electron chi connectivity index (χ3n) is 3.38. The second kappa shape index (κ2) is 4.86. The first kappa shape index (κ1) is 12.7. The molecule has 2 unspecified atom stereocenters. The molecule has 0 aromatic rings. The Kier molecular flexibility index (Phi) is 3.63. The molecular weight excluding hydrogens is 230 g/mol. The Hall–Kier alpha value is -0.750. The fourth-order valence-electron chi connectivity index (χ4n) is 2.57. The maximum Gasteiger partial charge on any atom is 0.377 e. The molecule has 0 amide bonds. The zero-order valence-electron chi connectivity index (χ0n) is 9.92. The van der Waals surface area contributed by atoms with Gasteiger partial charge in [-0.2, -0.15) is 8.78 Å². The Balaban J connectivity index is 1.78. The van der Waals surface area contributed by atoms with Crippen LogP contribution >= 0.6 is 0 Å². The molecule has 2 fully saturated rings. The number of hydrogen-bond acceptors (Lipinski definition) is 4. The summed E-state index contributed by atoms with van der Waals surface area (Å²) in [6, 6.07) is 0. The van der Waals surface area contributed by atoms with E-state index in [4.69, 9.17) is 0 Å². The van der Waals surface area contributed by atoms with E-state index in [2.05, 4.69) is 15.0 Å². The van der Waals surface area contributed by atoms with Crippen molar-refractivity contribution in [3.63, 3.8) is 0 Å². The summed E-state index contributed by atoms with van der Waals surface area (Å²) in [7, 11) is 1.90. The Morgan fingerprint density at radius 1 is 1.59 bits per heavy atom. The van der Waals surface area contributed by atoms with Crippen LogP contribution in [0.4, 0.5) is 8.78 Å². The van der Waals surface area contributed by atoms with Crippen molar-refractivity contribution in [2.24, 2.45) is 5.92 Å². The van der Waals surface area contributed by atoms with Crippen LogP contribution in [0.15, 0.2) is 0 Å². The van der Waals surface area contributed by atoms with E-state index in [1.807, 2.05) is 7.05 Å². The molecule has 98 valence electrons. The van der Waals surface area contributed by atoms with Crippen molar-refractivity contribution in [3.05, 3.63) is 0 Å². The van der Waals surface area contributed by atoms with Gasteiger partial charge in [0.1, 0.15) is 6.10 Å². The van der Waals surface area contributed by atoms with Gasteiger partial charge in [0.05, 0.1) is 6.42 Å². The van der Waals surface area contributed by atoms with E-state index in [-0.39, 0.29) is 0 Å². The fourth-order valence-corrected chi connectivity index (χ4v) is 2.57. The Bertz CT molecular complexity index is 299. The van der Waals surface area contributed by atoms with E-state index in [9.17, 15) is 13.6 Å². The van der Waals surface area contributed by atoms with Crippen LogP contribution in [0.5, 0.6) is 0 Å². The van der Waals surface area contributed by atoms with Crippen molar-refractivity contribution in [1.82, 2.24) is 10.2 Å². The lowest BCUT2D eigenvalue weighted by Crippen LogP contribution is -2.32. The predicted molar refractivity (Wildman–Crippen MR) is 57.9 cm³/mol. The van der Waals surface area contributed by atoms with E-state index in [0.717, 1.165) is 26.1 Å². The summed E-state index contributed by atoms with van der Waals surface area (Å²) in [5.41, 5.74) is 0. The molecule has 0 radical (unpaired) electrons. The van der Waals surface area contributed by atoms with Gasteiger partial charge in [-0.3, -0.25) is 4.90 Å². The van der Waals surface area contributed by atoms with Gasteiger partial charge in [-0.05, 0) is 32.5 Å². The fraction of sp³-hybridized carbons (Fsp3) is 0.909. The van der Waals surface area contributed by atoms with Gasteiger partial charge in [0.15, 0.2) is 0 Å². The molecule has 2 aliphatic rings. The highest BCUT2D eigenvalue weighted by Gasteiger charge is 2.51.